The number of ether oxygens (including phenoxy) is 1. The second kappa shape index (κ2) is 7.77. The van der Waals surface area contributed by atoms with Crippen LogP contribution in [0.25, 0.3) is 0 Å². The Kier molecular flexibility index (Phi) is 5.75. The lowest BCUT2D eigenvalue weighted by Crippen LogP contribution is -2.31. The summed E-state index contributed by atoms with van der Waals surface area (Å²) in [5.41, 5.74) is 1.54. The minimum absolute atomic E-state index is 0.284. The fourth-order valence-electron chi connectivity index (χ4n) is 1.88. The van der Waals surface area contributed by atoms with E-state index in [4.69, 9.17) is 4.74 Å². The summed E-state index contributed by atoms with van der Waals surface area (Å²) in [4.78, 5) is 22.1. The number of amidine groups is 1. The molecule has 2 rings (SSSR count). The summed E-state index contributed by atoms with van der Waals surface area (Å²) in [6.45, 7) is 4.31. The average Bonchev–Trinajstić information content (AvgIpc) is 2.85. The van der Waals surface area contributed by atoms with E-state index in [-0.39, 0.29) is 11.6 Å². The first-order valence-corrected chi connectivity index (χ1v) is 7.90. The fraction of sp³-hybridized carbons (Fsp3) is 0.333. The number of carboxylic acids is 1. The van der Waals surface area contributed by atoms with Crippen molar-refractivity contribution in [2.45, 2.75) is 25.5 Å². The molecule has 23 heavy (non-hydrogen) atoms. The van der Waals surface area contributed by atoms with Gasteiger partial charge in [-0.3, -0.25) is 4.79 Å². The number of hydrogen-bond donors (Lipinski definition) is 1. The normalized spacial score (nSPS) is 19.7. The monoisotopic (exact) mass is 334 g/mol. The zero-order valence-corrected chi connectivity index (χ0v) is 13.6. The van der Waals surface area contributed by atoms with Gasteiger partial charge in [0, 0.05) is 12.4 Å². The Morgan fingerprint density at radius 1 is 1.39 bits per heavy atom. The predicted molar refractivity (Wildman–Crippen MR) is 86.4 cm³/mol. The number of thioether (sulfide) groups is 1. The Bertz CT molecular complexity index is 655. The molecule has 8 heteroatoms. The highest BCUT2D eigenvalue weighted by atomic mass is 32.2. The van der Waals surface area contributed by atoms with Crippen molar-refractivity contribution in [1.82, 2.24) is 5.32 Å². The summed E-state index contributed by atoms with van der Waals surface area (Å²) in [5.74, 6) is -0.890. The summed E-state index contributed by atoms with van der Waals surface area (Å²) in [6, 6.07) is 7.41. The maximum atomic E-state index is 11.6. The zero-order valence-electron chi connectivity index (χ0n) is 12.7. The number of hydrogen-bond acceptors (Lipinski definition) is 7. The molecular weight excluding hydrogens is 318 g/mol. The summed E-state index contributed by atoms with van der Waals surface area (Å²) in [6.07, 6.45) is -0.350. The van der Waals surface area contributed by atoms with Gasteiger partial charge in [-0.15, -0.1) is 5.10 Å². The van der Waals surface area contributed by atoms with E-state index in [2.05, 4.69) is 15.5 Å². The van der Waals surface area contributed by atoms with Crippen LogP contribution in [-0.4, -0.2) is 34.6 Å². The van der Waals surface area contributed by atoms with Crippen molar-refractivity contribution in [2.75, 3.05) is 6.61 Å². The molecule has 1 heterocycles. The molecule has 0 radical (unpaired) electrons. The van der Waals surface area contributed by atoms with Crippen LogP contribution in [0.4, 0.5) is 0 Å². The first-order valence-electron chi connectivity index (χ1n) is 7.02. The molecule has 1 amide bonds. The molecule has 0 aliphatic carbocycles. The standard InChI is InChI=1S/C15H17N3O4S/c1-3-22-11-6-4-10(5-7-11)9(2)17-18-15-16-14(21)12(23-15)8-13(19)20/h4-7,12H,3,8H2,1-2H3,(H,19,20)(H,16,18,21)/p-1/b17-9-/t12-/m1/s1. The quantitative estimate of drug-likeness (QED) is 0.604. The molecule has 1 atom stereocenters. The molecule has 1 aliphatic heterocycles. The fourth-order valence-corrected chi connectivity index (χ4v) is 2.78. The summed E-state index contributed by atoms with van der Waals surface area (Å²) in [5, 5.41) is 20.6. The van der Waals surface area contributed by atoms with Crippen molar-refractivity contribution < 1.29 is 19.4 Å². The zero-order chi connectivity index (χ0) is 16.8. The van der Waals surface area contributed by atoms with E-state index in [0.29, 0.717) is 12.3 Å². The highest BCUT2D eigenvalue weighted by Crippen LogP contribution is 2.22. The van der Waals surface area contributed by atoms with Crippen LogP contribution in [0.15, 0.2) is 34.5 Å². The van der Waals surface area contributed by atoms with Crippen molar-refractivity contribution in [3.8, 4) is 5.75 Å². The van der Waals surface area contributed by atoms with Crippen LogP contribution in [0.5, 0.6) is 5.75 Å². The van der Waals surface area contributed by atoms with Gasteiger partial charge in [-0.1, -0.05) is 11.8 Å². The molecule has 0 bridgehead atoms. The third kappa shape index (κ3) is 4.82. The van der Waals surface area contributed by atoms with Gasteiger partial charge in [-0.25, -0.2) is 0 Å². The van der Waals surface area contributed by atoms with Gasteiger partial charge in [0.15, 0.2) is 5.17 Å². The lowest BCUT2D eigenvalue weighted by atomic mass is 10.1. The van der Waals surface area contributed by atoms with E-state index in [0.717, 1.165) is 23.1 Å². The largest absolute Gasteiger partial charge is 0.550 e. The number of benzene rings is 1. The Hall–Kier alpha value is -2.35. The summed E-state index contributed by atoms with van der Waals surface area (Å²) >= 11 is 1.03. The van der Waals surface area contributed by atoms with Crippen molar-refractivity contribution in [2.24, 2.45) is 10.2 Å². The van der Waals surface area contributed by atoms with E-state index in [1.54, 1.807) is 6.92 Å². The van der Waals surface area contributed by atoms with Gasteiger partial charge in [0.25, 0.3) is 0 Å². The van der Waals surface area contributed by atoms with Gasteiger partial charge >= 0.3 is 0 Å². The molecule has 1 aromatic carbocycles. The summed E-state index contributed by atoms with van der Waals surface area (Å²) in [7, 11) is 0. The highest BCUT2D eigenvalue weighted by molar-refractivity contribution is 8.15. The minimum Gasteiger partial charge on any atom is -0.550 e. The molecule has 1 aromatic rings. The number of rotatable bonds is 6. The maximum absolute atomic E-state index is 11.6. The minimum atomic E-state index is -1.27. The summed E-state index contributed by atoms with van der Waals surface area (Å²) < 4.78 is 5.37. The van der Waals surface area contributed by atoms with Crippen molar-refractivity contribution in [3.05, 3.63) is 29.8 Å². The highest BCUT2D eigenvalue weighted by Gasteiger charge is 2.30. The average molecular weight is 334 g/mol. The Morgan fingerprint density at radius 3 is 2.70 bits per heavy atom. The van der Waals surface area contributed by atoms with Gasteiger partial charge in [-0.2, -0.15) is 5.10 Å². The van der Waals surface area contributed by atoms with Gasteiger partial charge in [0.1, 0.15) is 5.75 Å². The molecule has 0 spiro atoms. The predicted octanol–water partition coefficient (Wildman–Crippen LogP) is 0.537. The first kappa shape index (κ1) is 17.0. The van der Waals surface area contributed by atoms with Crippen LogP contribution in [-0.2, 0) is 9.59 Å². The van der Waals surface area contributed by atoms with Crippen LogP contribution >= 0.6 is 11.8 Å². The van der Waals surface area contributed by atoms with Crippen molar-refractivity contribution >= 4 is 34.5 Å². The second-order valence-electron chi connectivity index (χ2n) is 4.72. The molecule has 1 N–H and O–H groups in total. The number of carbonyl (C=O) groups is 2. The van der Waals surface area contributed by atoms with E-state index in [9.17, 15) is 14.7 Å². The SMILES string of the molecule is CCOc1ccc(/C(C)=N\N=C2/NC(=O)[C@@H](CC(=O)[O-])S2)cc1. The second-order valence-corrected chi connectivity index (χ2v) is 5.91. The molecular formula is C15H16N3O4S-. The molecule has 1 aliphatic rings. The van der Waals surface area contributed by atoms with E-state index in [1.165, 1.54) is 0 Å². The van der Waals surface area contributed by atoms with E-state index >= 15 is 0 Å². The van der Waals surface area contributed by atoms with E-state index in [1.807, 2.05) is 31.2 Å². The number of amides is 1. The molecule has 1 fully saturated rings. The molecule has 7 nitrogen and oxygen atoms in total. The molecule has 1 saturated heterocycles. The Morgan fingerprint density at radius 2 is 2.09 bits per heavy atom. The number of carboxylic acid groups (broad SMARTS) is 1. The third-order valence-electron chi connectivity index (χ3n) is 3.00. The number of nitrogens with one attached hydrogen (secondary N) is 1. The maximum Gasteiger partial charge on any atom is 0.239 e. The Balaban J connectivity index is 2.03. The van der Waals surface area contributed by atoms with Crippen LogP contribution in [0.1, 0.15) is 25.8 Å². The van der Waals surface area contributed by atoms with Gasteiger partial charge in [0.05, 0.1) is 17.6 Å². The molecule has 0 unspecified atom stereocenters. The van der Waals surface area contributed by atoms with Crippen molar-refractivity contribution in [1.29, 1.82) is 0 Å². The van der Waals surface area contributed by atoms with Crippen LogP contribution in [0, 0.1) is 0 Å². The lowest BCUT2D eigenvalue weighted by molar-refractivity contribution is -0.305. The smallest absolute Gasteiger partial charge is 0.239 e. The van der Waals surface area contributed by atoms with Crippen molar-refractivity contribution in [3.63, 3.8) is 0 Å². The molecule has 122 valence electrons. The van der Waals surface area contributed by atoms with Gasteiger partial charge < -0.3 is 20.0 Å². The van der Waals surface area contributed by atoms with Crippen LogP contribution < -0.4 is 15.2 Å². The number of carbonyl (C=O) groups excluding carboxylic acids is 2. The topological polar surface area (TPSA) is 103 Å². The Labute approximate surface area is 137 Å². The van der Waals surface area contributed by atoms with Crippen LogP contribution in [0.2, 0.25) is 0 Å². The number of nitrogens with zero attached hydrogens (tertiary/aromatic N) is 2. The lowest BCUT2D eigenvalue weighted by Gasteiger charge is -2.04. The number of aliphatic carboxylic acids is 1. The molecule has 0 saturated carbocycles. The van der Waals surface area contributed by atoms with Gasteiger partial charge in [0.2, 0.25) is 5.91 Å². The van der Waals surface area contributed by atoms with E-state index < -0.39 is 17.1 Å². The van der Waals surface area contributed by atoms with Crippen LogP contribution in [0.3, 0.4) is 0 Å². The third-order valence-corrected chi connectivity index (χ3v) is 4.07. The molecule has 0 aromatic heterocycles. The first-order chi connectivity index (χ1) is 11.0. The van der Waals surface area contributed by atoms with Gasteiger partial charge in [-0.05, 0) is 43.7 Å².